The number of rotatable bonds is 1. The Hall–Kier alpha value is -0.670. The van der Waals surface area contributed by atoms with Crippen LogP contribution in [0.5, 0.6) is 0 Å². The third-order valence-corrected chi connectivity index (χ3v) is 3.88. The largest absolute Gasteiger partial charge is 0.254 e. The number of fused-ring (bicyclic) bond motifs is 1. The van der Waals surface area contributed by atoms with Crippen molar-refractivity contribution in [2.24, 2.45) is 0 Å². The van der Waals surface area contributed by atoms with Crippen molar-refractivity contribution < 1.29 is 0 Å². The summed E-state index contributed by atoms with van der Waals surface area (Å²) in [6.07, 6.45) is 1.67. The molecule has 2 aromatic heterocycles. The van der Waals surface area contributed by atoms with Crippen molar-refractivity contribution in [3.8, 4) is 6.07 Å². The highest BCUT2D eigenvalue weighted by Gasteiger charge is 2.09. The Bertz CT molecular complexity index is 525. The Morgan fingerprint density at radius 1 is 1.64 bits per heavy atom. The van der Waals surface area contributed by atoms with Crippen molar-refractivity contribution in [1.82, 2.24) is 4.98 Å². The first-order valence-corrected chi connectivity index (χ1v) is 6.44. The van der Waals surface area contributed by atoms with Gasteiger partial charge in [-0.05, 0) is 13.0 Å². The quantitative estimate of drug-likeness (QED) is 0.597. The average molecular weight is 314 g/mol. The summed E-state index contributed by atoms with van der Waals surface area (Å²) in [5, 5.41) is 8.93. The maximum atomic E-state index is 8.93. The molecule has 0 aliphatic heterocycles. The maximum absolute atomic E-state index is 8.93. The first-order valence-electron chi connectivity index (χ1n) is 4.10. The Morgan fingerprint density at radius 3 is 3.07 bits per heavy atom. The van der Waals surface area contributed by atoms with E-state index in [2.05, 4.69) is 46.6 Å². The van der Waals surface area contributed by atoms with Gasteiger partial charge < -0.3 is 0 Å². The fourth-order valence-corrected chi connectivity index (χ4v) is 3.44. The Morgan fingerprint density at radius 2 is 2.43 bits per heavy atom. The molecule has 0 fully saturated rings. The first kappa shape index (κ1) is 9.87. The highest BCUT2D eigenvalue weighted by Crippen LogP contribution is 2.29. The molecule has 0 aliphatic rings. The van der Waals surface area contributed by atoms with Gasteiger partial charge in [0.25, 0.3) is 0 Å². The summed E-state index contributed by atoms with van der Waals surface area (Å²) in [6, 6.07) is 4.25. The van der Waals surface area contributed by atoms with Gasteiger partial charge >= 0.3 is 0 Å². The van der Waals surface area contributed by atoms with Gasteiger partial charge in [-0.3, -0.25) is 4.98 Å². The van der Waals surface area contributed by atoms with E-state index in [0.717, 1.165) is 20.2 Å². The average Bonchev–Trinajstić information content (AvgIpc) is 2.56. The van der Waals surface area contributed by atoms with Crippen LogP contribution in [0.15, 0.2) is 12.3 Å². The van der Waals surface area contributed by atoms with Crippen molar-refractivity contribution in [3.05, 3.63) is 28.3 Å². The number of alkyl halides is 1. The number of nitriles is 1. The molecule has 0 amide bonds. The third-order valence-electron chi connectivity index (χ3n) is 2.02. The summed E-state index contributed by atoms with van der Waals surface area (Å²) < 4.78 is 2.02. The van der Waals surface area contributed by atoms with E-state index in [4.69, 9.17) is 5.26 Å². The Kier molecular flexibility index (Phi) is 2.70. The highest BCUT2D eigenvalue weighted by molar-refractivity contribution is 14.1. The van der Waals surface area contributed by atoms with Crippen LogP contribution >= 0.6 is 33.9 Å². The van der Waals surface area contributed by atoms with E-state index in [1.807, 2.05) is 0 Å². The van der Waals surface area contributed by atoms with Gasteiger partial charge in [0.2, 0.25) is 0 Å². The van der Waals surface area contributed by atoms with Gasteiger partial charge in [0.05, 0.1) is 15.8 Å². The van der Waals surface area contributed by atoms with Crippen molar-refractivity contribution >= 4 is 44.1 Å². The molecule has 2 rings (SSSR count). The summed E-state index contributed by atoms with van der Waals surface area (Å²) in [5.74, 6) is 0. The predicted octanol–water partition coefficient (Wildman–Crippen LogP) is 3.41. The fraction of sp³-hybridized carbons (Fsp3) is 0.200. The van der Waals surface area contributed by atoms with Crippen molar-refractivity contribution in [2.75, 3.05) is 0 Å². The maximum Gasteiger partial charge on any atom is 0.101 e. The molecule has 0 N–H and O–H groups in total. The minimum atomic E-state index is 0.703. The Balaban J connectivity index is 2.84. The summed E-state index contributed by atoms with van der Waals surface area (Å²) in [7, 11) is 0. The van der Waals surface area contributed by atoms with E-state index in [1.165, 1.54) is 4.88 Å². The summed E-state index contributed by atoms with van der Waals surface area (Å²) in [6.45, 7) is 2.06. The van der Waals surface area contributed by atoms with Gasteiger partial charge in [-0.1, -0.05) is 22.6 Å². The molecule has 2 aromatic rings. The van der Waals surface area contributed by atoms with E-state index in [9.17, 15) is 0 Å². The third kappa shape index (κ3) is 1.51. The number of aromatic nitrogens is 1. The van der Waals surface area contributed by atoms with E-state index >= 15 is 0 Å². The second-order valence-corrected chi connectivity index (χ2v) is 4.99. The molecule has 2 nitrogen and oxygen atoms in total. The molecule has 2 heterocycles. The number of nitrogens with zero attached hydrogens (tertiary/aromatic N) is 2. The van der Waals surface area contributed by atoms with Crippen LogP contribution in [0.3, 0.4) is 0 Å². The monoisotopic (exact) mass is 314 g/mol. The Labute approximate surface area is 99.7 Å². The molecular formula is C10H7IN2S. The summed E-state index contributed by atoms with van der Waals surface area (Å²) in [4.78, 5) is 5.51. The van der Waals surface area contributed by atoms with Crippen LogP contribution in [-0.2, 0) is 4.43 Å². The number of halogens is 1. The minimum absolute atomic E-state index is 0.703. The van der Waals surface area contributed by atoms with E-state index < -0.39 is 0 Å². The van der Waals surface area contributed by atoms with Crippen LogP contribution in [0.1, 0.15) is 16.0 Å². The predicted molar refractivity (Wildman–Crippen MR) is 66.8 cm³/mol. The van der Waals surface area contributed by atoms with Crippen LogP contribution in [0.2, 0.25) is 0 Å². The number of aryl methyl sites for hydroxylation is 1. The smallest absolute Gasteiger partial charge is 0.101 e. The van der Waals surface area contributed by atoms with Crippen LogP contribution in [0.4, 0.5) is 0 Å². The van der Waals surface area contributed by atoms with Gasteiger partial charge in [0.15, 0.2) is 0 Å². The van der Waals surface area contributed by atoms with Gasteiger partial charge in [-0.15, -0.1) is 11.3 Å². The van der Waals surface area contributed by atoms with Crippen molar-refractivity contribution in [3.63, 3.8) is 0 Å². The summed E-state index contributed by atoms with van der Waals surface area (Å²) >= 11 is 4.00. The summed E-state index contributed by atoms with van der Waals surface area (Å²) in [5.41, 5.74) is 2.84. The second-order valence-electron chi connectivity index (χ2n) is 2.97. The van der Waals surface area contributed by atoms with Gasteiger partial charge in [-0.25, -0.2) is 0 Å². The number of thiophene rings is 1. The molecule has 0 aliphatic carbocycles. The minimum Gasteiger partial charge on any atom is -0.254 e. The first-order chi connectivity index (χ1) is 6.76. The van der Waals surface area contributed by atoms with Crippen LogP contribution < -0.4 is 0 Å². The molecule has 0 bridgehead atoms. The topological polar surface area (TPSA) is 36.7 Å². The molecular weight excluding hydrogens is 307 g/mol. The fourth-order valence-electron chi connectivity index (χ4n) is 1.38. The molecule has 0 atom stereocenters. The number of hydrogen-bond donors (Lipinski definition) is 0. The van der Waals surface area contributed by atoms with Crippen molar-refractivity contribution in [2.45, 2.75) is 11.4 Å². The van der Waals surface area contributed by atoms with Gasteiger partial charge in [0.1, 0.15) is 6.07 Å². The van der Waals surface area contributed by atoms with E-state index in [0.29, 0.717) is 5.56 Å². The van der Waals surface area contributed by atoms with Crippen LogP contribution in [0.25, 0.3) is 10.2 Å². The highest BCUT2D eigenvalue weighted by atomic mass is 127. The number of hydrogen-bond acceptors (Lipinski definition) is 3. The lowest BCUT2D eigenvalue weighted by atomic mass is 10.1. The van der Waals surface area contributed by atoms with Crippen molar-refractivity contribution in [1.29, 1.82) is 5.26 Å². The molecule has 0 spiro atoms. The van der Waals surface area contributed by atoms with Crippen LogP contribution in [-0.4, -0.2) is 4.98 Å². The molecule has 0 saturated heterocycles. The van der Waals surface area contributed by atoms with Gasteiger partial charge in [0, 0.05) is 21.1 Å². The lowest BCUT2D eigenvalue weighted by molar-refractivity contribution is 1.33. The molecule has 0 saturated carbocycles. The zero-order valence-corrected chi connectivity index (χ0v) is 10.5. The standard InChI is InChI=1S/C10H7IN2S/c1-6-2-9-10(14-6)8(3-11)7(4-12)5-13-9/h2,5H,3H2,1H3. The van der Waals surface area contributed by atoms with E-state index in [1.54, 1.807) is 17.5 Å². The lowest BCUT2D eigenvalue weighted by Crippen LogP contribution is -1.87. The zero-order valence-electron chi connectivity index (χ0n) is 7.54. The molecule has 14 heavy (non-hydrogen) atoms. The molecule has 70 valence electrons. The second kappa shape index (κ2) is 3.83. The van der Waals surface area contributed by atoms with E-state index in [-0.39, 0.29) is 0 Å². The zero-order chi connectivity index (χ0) is 10.1. The SMILES string of the molecule is Cc1cc2ncc(C#N)c(CI)c2s1. The molecule has 0 unspecified atom stereocenters. The number of pyridine rings is 1. The van der Waals surface area contributed by atoms with Gasteiger partial charge in [-0.2, -0.15) is 5.26 Å². The molecule has 4 heteroatoms. The van der Waals surface area contributed by atoms with Crippen LogP contribution in [0, 0.1) is 18.3 Å². The molecule has 0 radical (unpaired) electrons. The normalized spacial score (nSPS) is 10.4. The lowest BCUT2D eigenvalue weighted by Gasteiger charge is -1.99. The molecule has 0 aromatic carbocycles.